The molecule has 3 aromatic rings. The van der Waals surface area contributed by atoms with Crippen LogP contribution in [0.25, 0.3) is 10.6 Å². The van der Waals surface area contributed by atoms with Crippen molar-refractivity contribution >= 4 is 22.4 Å². The second kappa shape index (κ2) is 7.31. The van der Waals surface area contributed by atoms with Gasteiger partial charge in [-0.05, 0) is 25.1 Å². The third-order valence-electron chi connectivity index (χ3n) is 3.56. The molecule has 25 heavy (non-hydrogen) atoms. The lowest BCUT2D eigenvalue weighted by Crippen LogP contribution is -2.13. The number of aromatic nitrogens is 2. The Balaban J connectivity index is 1.80. The van der Waals surface area contributed by atoms with Crippen LogP contribution in [0.5, 0.6) is 11.5 Å². The maximum atomic E-state index is 12.5. The minimum Gasteiger partial charge on any atom is -0.497 e. The number of methoxy groups -OCH3 is 2. The maximum Gasteiger partial charge on any atom is 0.261 e. The summed E-state index contributed by atoms with van der Waals surface area (Å²) in [7, 11) is 3.06. The van der Waals surface area contributed by atoms with E-state index in [0.29, 0.717) is 22.2 Å². The Bertz CT molecular complexity index is 908. The third kappa shape index (κ3) is 3.77. The van der Waals surface area contributed by atoms with Gasteiger partial charge in [0.2, 0.25) is 5.13 Å². The Kier molecular flexibility index (Phi) is 4.95. The molecule has 0 atom stereocenters. The number of aryl methyl sites for hydroxylation is 1. The molecule has 0 spiro atoms. The van der Waals surface area contributed by atoms with Crippen molar-refractivity contribution in [2.75, 3.05) is 19.5 Å². The fourth-order valence-corrected chi connectivity index (χ4v) is 3.05. The maximum absolute atomic E-state index is 12.5. The number of ether oxygens (including phenoxy) is 2. The van der Waals surface area contributed by atoms with Crippen molar-refractivity contribution in [1.82, 2.24) is 10.2 Å². The van der Waals surface area contributed by atoms with E-state index in [9.17, 15) is 4.79 Å². The van der Waals surface area contributed by atoms with E-state index in [1.54, 1.807) is 25.3 Å². The van der Waals surface area contributed by atoms with Gasteiger partial charge in [0.05, 0.1) is 19.8 Å². The Morgan fingerprint density at radius 2 is 1.92 bits per heavy atom. The molecule has 7 heteroatoms. The largest absolute Gasteiger partial charge is 0.497 e. The first-order chi connectivity index (χ1) is 12.1. The summed E-state index contributed by atoms with van der Waals surface area (Å²) < 4.78 is 10.4. The predicted molar refractivity (Wildman–Crippen MR) is 97.6 cm³/mol. The fourth-order valence-electron chi connectivity index (χ4n) is 2.32. The first-order valence-electron chi connectivity index (χ1n) is 7.54. The summed E-state index contributed by atoms with van der Waals surface area (Å²) in [5.74, 6) is 0.734. The second-order valence-electron chi connectivity index (χ2n) is 5.30. The molecule has 0 fully saturated rings. The van der Waals surface area contributed by atoms with Crippen molar-refractivity contribution in [2.45, 2.75) is 6.92 Å². The number of carbonyl (C=O) groups is 1. The molecule has 1 amide bonds. The van der Waals surface area contributed by atoms with Crippen LogP contribution < -0.4 is 14.8 Å². The molecule has 2 aromatic carbocycles. The molecule has 0 aliphatic rings. The first kappa shape index (κ1) is 16.9. The van der Waals surface area contributed by atoms with Crippen LogP contribution >= 0.6 is 11.3 Å². The number of benzene rings is 2. The lowest BCUT2D eigenvalue weighted by molar-refractivity contribution is 0.102. The number of nitrogens with zero attached hydrogens (tertiary/aromatic N) is 2. The van der Waals surface area contributed by atoms with E-state index in [-0.39, 0.29) is 5.91 Å². The van der Waals surface area contributed by atoms with Crippen LogP contribution in [0.4, 0.5) is 5.13 Å². The number of carbonyl (C=O) groups excluding carboxylic acids is 1. The van der Waals surface area contributed by atoms with Gasteiger partial charge in [-0.3, -0.25) is 10.1 Å². The highest BCUT2D eigenvalue weighted by Gasteiger charge is 2.16. The molecule has 6 nitrogen and oxygen atoms in total. The number of hydrogen-bond donors (Lipinski definition) is 1. The molecule has 0 radical (unpaired) electrons. The molecule has 0 saturated heterocycles. The van der Waals surface area contributed by atoms with E-state index in [2.05, 4.69) is 15.5 Å². The minimum atomic E-state index is -0.313. The van der Waals surface area contributed by atoms with Gasteiger partial charge in [-0.1, -0.05) is 35.1 Å². The molecule has 0 unspecified atom stereocenters. The van der Waals surface area contributed by atoms with Gasteiger partial charge in [-0.2, -0.15) is 0 Å². The van der Waals surface area contributed by atoms with Gasteiger partial charge < -0.3 is 9.47 Å². The predicted octanol–water partition coefficient (Wildman–Crippen LogP) is 3.78. The standard InChI is InChI=1S/C18H17N3O3S/c1-11-5-4-6-12(9-11)17-20-21-18(25-17)19-16(22)14-8-7-13(23-2)10-15(14)24-3/h4-10H,1-3H3,(H,19,21,22). The van der Waals surface area contributed by atoms with Gasteiger partial charge in [-0.25, -0.2) is 0 Å². The molecule has 0 aliphatic heterocycles. The van der Waals surface area contributed by atoms with Crippen LogP contribution in [-0.4, -0.2) is 30.3 Å². The monoisotopic (exact) mass is 355 g/mol. The quantitative estimate of drug-likeness (QED) is 0.754. The van der Waals surface area contributed by atoms with Crippen LogP contribution in [0, 0.1) is 6.92 Å². The molecule has 1 heterocycles. The molecule has 0 saturated carbocycles. The fraction of sp³-hybridized carbons (Fsp3) is 0.167. The van der Waals surface area contributed by atoms with Gasteiger partial charge in [0.15, 0.2) is 0 Å². The van der Waals surface area contributed by atoms with E-state index < -0.39 is 0 Å². The second-order valence-corrected chi connectivity index (χ2v) is 6.28. The minimum absolute atomic E-state index is 0.313. The highest BCUT2D eigenvalue weighted by atomic mass is 32.1. The van der Waals surface area contributed by atoms with Crippen molar-refractivity contribution in [3.8, 4) is 22.1 Å². The van der Waals surface area contributed by atoms with E-state index in [1.807, 2.05) is 31.2 Å². The molecule has 128 valence electrons. The Hall–Kier alpha value is -2.93. The summed E-state index contributed by atoms with van der Waals surface area (Å²) in [5, 5.41) is 12.1. The van der Waals surface area contributed by atoms with Crippen LogP contribution in [0.2, 0.25) is 0 Å². The van der Waals surface area contributed by atoms with E-state index >= 15 is 0 Å². The number of amides is 1. The number of hydrogen-bond acceptors (Lipinski definition) is 6. The average molecular weight is 355 g/mol. The van der Waals surface area contributed by atoms with Gasteiger partial charge in [0.1, 0.15) is 16.5 Å². The van der Waals surface area contributed by atoms with Crippen molar-refractivity contribution in [2.24, 2.45) is 0 Å². The van der Waals surface area contributed by atoms with Crippen molar-refractivity contribution in [3.05, 3.63) is 53.6 Å². The SMILES string of the molecule is COc1ccc(C(=O)Nc2nnc(-c3cccc(C)c3)s2)c(OC)c1. The van der Waals surface area contributed by atoms with E-state index in [0.717, 1.165) is 16.1 Å². The van der Waals surface area contributed by atoms with Crippen molar-refractivity contribution < 1.29 is 14.3 Å². The summed E-state index contributed by atoms with van der Waals surface area (Å²) in [6, 6.07) is 13.0. The normalized spacial score (nSPS) is 10.4. The van der Waals surface area contributed by atoms with E-state index in [4.69, 9.17) is 9.47 Å². The molecule has 1 N–H and O–H groups in total. The van der Waals surface area contributed by atoms with Gasteiger partial charge in [0, 0.05) is 11.6 Å². The zero-order valence-electron chi connectivity index (χ0n) is 14.1. The molecular weight excluding hydrogens is 338 g/mol. The van der Waals surface area contributed by atoms with Crippen LogP contribution in [-0.2, 0) is 0 Å². The number of rotatable bonds is 5. The Morgan fingerprint density at radius 3 is 2.64 bits per heavy atom. The van der Waals surface area contributed by atoms with Crippen LogP contribution in [0.15, 0.2) is 42.5 Å². The van der Waals surface area contributed by atoms with Crippen molar-refractivity contribution in [1.29, 1.82) is 0 Å². The topological polar surface area (TPSA) is 73.3 Å². The lowest BCUT2D eigenvalue weighted by atomic mass is 10.1. The van der Waals surface area contributed by atoms with E-state index in [1.165, 1.54) is 18.4 Å². The lowest BCUT2D eigenvalue weighted by Gasteiger charge is -2.09. The van der Waals surface area contributed by atoms with Gasteiger partial charge >= 0.3 is 0 Å². The number of nitrogens with one attached hydrogen (secondary N) is 1. The molecular formula is C18H17N3O3S. The third-order valence-corrected chi connectivity index (χ3v) is 4.45. The molecule has 3 rings (SSSR count). The summed E-state index contributed by atoms with van der Waals surface area (Å²) in [5.41, 5.74) is 2.51. The first-order valence-corrected chi connectivity index (χ1v) is 8.36. The van der Waals surface area contributed by atoms with Crippen LogP contribution in [0.3, 0.4) is 0 Å². The smallest absolute Gasteiger partial charge is 0.261 e. The number of anilines is 1. The van der Waals surface area contributed by atoms with Gasteiger partial charge in [-0.15, -0.1) is 10.2 Å². The summed E-state index contributed by atoms with van der Waals surface area (Å²) in [6.45, 7) is 2.02. The summed E-state index contributed by atoms with van der Waals surface area (Å²) in [6.07, 6.45) is 0. The summed E-state index contributed by atoms with van der Waals surface area (Å²) >= 11 is 1.32. The van der Waals surface area contributed by atoms with Crippen molar-refractivity contribution in [3.63, 3.8) is 0 Å². The Labute approximate surface area is 149 Å². The summed E-state index contributed by atoms with van der Waals surface area (Å²) in [4.78, 5) is 12.5. The highest BCUT2D eigenvalue weighted by Crippen LogP contribution is 2.29. The van der Waals surface area contributed by atoms with Crippen LogP contribution in [0.1, 0.15) is 15.9 Å². The molecule has 1 aromatic heterocycles. The average Bonchev–Trinajstić information content (AvgIpc) is 3.09. The Morgan fingerprint density at radius 1 is 1.08 bits per heavy atom. The molecule has 0 bridgehead atoms. The zero-order valence-corrected chi connectivity index (χ0v) is 14.9. The highest BCUT2D eigenvalue weighted by molar-refractivity contribution is 7.18. The van der Waals surface area contributed by atoms with Gasteiger partial charge in [0.25, 0.3) is 5.91 Å². The molecule has 0 aliphatic carbocycles. The zero-order chi connectivity index (χ0) is 17.8.